The Bertz CT molecular complexity index is 955. The summed E-state index contributed by atoms with van der Waals surface area (Å²) in [5, 5.41) is 10.3. The molecule has 178 valence electrons. The first-order chi connectivity index (χ1) is 15.8. The molecule has 2 aromatic rings. The van der Waals surface area contributed by atoms with Crippen LogP contribution in [0.3, 0.4) is 0 Å². The number of nitrogens with one attached hydrogen (secondary N) is 2. The summed E-state index contributed by atoms with van der Waals surface area (Å²) in [6.45, 7) is 7.21. The fourth-order valence-corrected chi connectivity index (χ4v) is 4.77. The second-order valence-corrected chi connectivity index (χ2v) is 10.1. The normalized spacial score (nSPS) is 24.5. The van der Waals surface area contributed by atoms with E-state index in [9.17, 15) is 9.59 Å². The molecule has 2 aliphatic rings. The van der Waals surface area contributed by atoms with Crippen molar-refractivity contribution >= 4 is 11.9 Å². The molecule has 1 saturated heterocycles. The van der Waals surface area contributed by atoms with Gasteiger partial charge in [0.25, 0.3) is 0 Å². The number of carbonyl (C=O) groups excluding carboxylic acids is 2. The fourth-order valence-electron chi connectivity index (χ4n) is 4.77. The Hall–Kier alpha value is -2.97. The highest BCUT2D eigenvalue weighted by molar-refractivity contribution is 5.82. The van der Waals surface area contributed by atoms with Gasteiger partial charge in [0.15, 0.2) is 0 Å². The molecule has 3 atom stereocenters. The van der Waals surface area contributed by atoms with E-state index in [-0.39, 0.29) is 35.4 Å². The Morgan fingerprint density at radius 3 is 2.79 bits per heavy atom. The monoisotopic (exact) mass is 454 g/mol. The van der Waals surface area contributed by atoms with E-state index in [2.05, 4.69) is 25.8 Å². The van der Waals surface area contributed by atoms with Gasteiger partial charge in [-0.25, -0.2) is 4.79 Å². The molecule has 0 bridgehead atoms. The van der Waals surface area contributed by atoms with Crippen molar-refractivity contribution in [2.75, 3.05) is 13.1 Å². The van der Waals surface area contributed by atoms with E-state index in [0.717, 1.165) is 31.2 Å². The van der Waals surface area contributed by atoms with E-state index in [4.69, 9.17) is 4.52 Å². The molecule has 2 N–H and O–H groups in total. The van der Waals surface area contributed by atoms with Gasteiger partial charge in [0.1, 0.15) is 0 Å². The van der Waals surface area contributed by atoms with Gasteiger partial charge in [-0.1, -0.05) is 18.0 Å². The minimum absolute atomic E-state index is 0.00459. The summed E-state index contributed by atoms with van der Waals surface area (Å²) in [5.41, 5.74) is 0.425. The predicted octanol–water partition coefficient (Wildman–Crippen LogP) is 3.49. The molecule has 9 nitrogen and oxygen atoms in total. The van der Waals surface area contributed by atoms with Crippen LogP contribution in [0.25, 0.3) is 11.4 Å². The maximum Gasteiger partial charge on any atom is 0.318 e. The van der Waals surface area contributed by atoms with Gasteiger partial charge >= 0.3 is 6.03 Å². The van der Waals surface area contributed by atoms with Crippen LogP contribution in [0, 0.1) is 5.92 Å². The van der Waals surface area contributed by atoms with Crippen molar-refractivity contribution in [2.24, 2.45) is 5.92 Å². The van der Waals surface area contributed by atoms with E-state index < -0.39 is 0 Å². The van der Waals surface area contributed by atoms with Crippen LogP contribution in [0.4, 0.5) is 4.79 Å². The van der Waals surface area contributed by atoms with Crippen LogP contribution in [0.15, 0.2) is 29.0 Å². The summed E-state index contributed by atoms with van der Waals surface area (Å²) in [6, 6.07) is 3.37. The number of pyridine rings is 1. The first-order valence-electron chi connectivity index (χ1n) is 11.9. The van der Waals surface area contributed by atoms with Crippen molar-refractivity contribution in [1.82, 2.24) is 30.7 Å². The molecule has 0 aromatic carbocycles. The molecule has 1 aliphatic carbocycles. The van der Waals surface area contributed by atoms with E-state index in [1.807, 2.05) is 37.8 Å². The summed E-state index contributed by atoms with van der Waals surface area (Å²) in [5.74, 6) is 0.603. The SMILES string of the molecule is CC(C)(C)NC(=O)N1CCCCCCNC(=O)[C@@H]2C[C@@H](c3nc(-c4cccnc4)no3)C[C@@H]21. The van der Waals surface area contributed by atoms with Gasteiger partial charge in [-0.3, -0.25) is 9.78 Å². The Morgan fingerprint density at radius 1 is 1.21 bits per heavy atom. The van der Waals surface area contributed by atoms with Gasteiger partial charge in [-0.15, -0.1) is 0 Å². The molecule has 0 spiro atoms. The third kappa shape index (κ3) is 5.69. The van der Waals surface area contributed by atoms with Crippen LogP contribution in [-0.4, -0.2) is 56.6 Å². The quantitative estimate of drug-likeness (QED) is 0.718. The predicted molar refractivity (Wildman–Crippen MR) is 123 cm³/mol. The van der Waals surface area contributed by atoms with E-state index in [1.54, 1.807) is 12.4 Å². The summed E-state index contributed by atoms with van der Waals surface area (Å²) < 4.78 is 5.61. The first kappa shape index (κ1) is 23.2. The third-order valence-corrected chi connectivity index (χ3v) is 6.34. The average molecular weight is 455 g/mol. The van der Waals surface area contributed by atoms with Crippen molar-refractivity contribution < 1.29 is 14.1 Å². The molecule has 9 heteroatoms. The molecule has 0 unspecified atom stereocenters. The Kier molecular flexibility index (Phi) is 6.95. The lowest BCUT2D eigenvalue weighted by Gasteiger charge is -2.35. The number of nitrogens with zero attached hydrogens (tertiary/aromatic N) is 4. The molecule has 0 radical (unpaired) electrons. The Labute approximate surface area is 194 Å². The van der Waals surface area contributed by atoms with E-state index in [0.29, 0.717) is 37.6 Å². The van der Waals surface area contributed by atoms with Crippen molar-refractivity contribution in [3.8, 4) is 11.4 Å². The molecule has 1 aliphatic heterocycles. The van der Waals surface area contributed by atoms with Gasteiger partial charge in [0.2, 0.25) is 17.6 Å². The number of hydrogen-bond donors (Lipinski definition) is 2. The number of rotatable bonds is 2. The number of carbonyl (C=O) groups is 2. The molecule has 2 fully saturated rings. The zero-order valence-electron chi connectivity index (χ0n) is 19.7. The number of aromatic nitrogens is 3. The second-order valence-electron chi connectivity index (χ2n) is 10.1. The van der Waals surface area contributed by atoms with Gasteiger partial charge in [0.05, 0.1) is 5.92 Å². The van der Waals surface area contributed by atoms with E-state index >= 15 is 0 Å². The van der Waals surface area contributed by atoms with Gasteiger partial charge < -0.3 is 20.1 Å². The standard InChI is InChI=1S/C24H34N6O3/c1-24(2,3)28-23(32)30-12-7-5-4-6-11-26-21(31)18-13-17(14-19(18)30)22-27-20(29-33-22)16-9-8-10-25-15-16/h8-10,15,17-19H,4-7,11-14H2,1-3H3,(H,26,31)(H,28,32)/t17-,18-,19+/m1/s1. The number of amides is 3. The average Bonchev–Trinajstić information content (AvgIpc) is 3.42. The van der Waals surface area contributed by atoms with Crippen molar-refractivity contribution in [2.45, 2.75) is 76.8 Å². The highest BCUT2D eigenvalue weighted by Crippen LogP contribution is 2.41. The number of hydrogen-bond acceptors (Lipinski definition) is 6. The summed E-state index contributed by atoms with van der Waals surface area (Å²) >= 11 is 0. The van der Waals surface area contributed by atoms with Crippen LogP contribution in [0.2, 0.25) is 0 Å². The van der Waals surface area contributed by atoms with Crippen LogP contribution in [0.1, 0.15) is 71.1 Å². The number of urea groups is 1. The molecular formula is C24H34N6O3. The molecule has 4 rings (SSSR count). The maximum absolute atomic E-state index is 13.3. The molecule has 33 heavy (non-hydrogen) atoms. The number of fused-ring (bicyclic) bond motifs is 1. The van der Waals surface area contributed by atoms with Crippen LogP contribution in [-0.2, 0) is 4.79 Å². The largest absolute Gasteiger partial charge is 0.356 e. The molecule has 2 aromatic heterocycles. The lowest BCUT2D eigenvalue weighted by Crippen LogP contribution is -2.54. The van der Waals surface area contributed by atoms with Crippen LogP contribution < -0.4 is 10.6 Å². The minimum atomic E-state index is -0.357. The van der Waals surface area contributed by atoms with Gasteiger partial charge in [0, 0.05) is 48.5 Å². The summed E-state index contributed by atoms with van der Waals surface area (Å²) in [4.78, 5) is 37.0. The molecule has 3 heterocycles. The highest BCUT2D eigenvalue weighted by atomic mass is 16.5. The summed E-state index contributed by atoms with van der Waals surface area (Å²) in [6.07, 6.45) is 8.54. The van der Waals surface area contributed by atoms with Gasteiger partial charge in [-0.05, 0) is 58.6 Å². The van der Waals surface area contributed by atoms with Crippen molar-refractivity contribution in [3.05, 3.63) is 30.4 Å². The Balaban J connectivity index is 1.59. The van der Waals surface area contributed by atoms with Crippen molar-refractivity contribution in [3.63, 3.8) is 0 Å². The smallest absolute Gasteiger partial charge is 0.318 e. The summed E-state index contributed by atoms with van der Waals surface area (Å²) in [7, 11) is 0. The maximum atomic E-state index is 13.3. The molecule has 3 amide bonds. The zero-order chi connectivity index (χ0) is 23.4. The van der Waals surface area contributed by atoms with Crippen LogP contribution >= 0.6 is 0 Å². The topological polar surface area (TPSA) is 113 Å². The van der Waals surface area contributed by atoms with Crippen LogP contribution in [0.5, 0.6) is 0 Å². The Morgan fingerprint density at radius 2 is 2.03 bits per heavy atom. The van der Waals surface area contributed by atoms with Gasteiger partial charge in [-0.2, -0.15) is 4.98 Å². The second kappa shape index (κ2) is 9.89. The first-order valence-corrected chi connectivity index (χ1v) is 11.9. The van der Waals surface area contributed by atoms with E-state index in [1.165, 1.54) is 0 Å². The van der Waals surface area contributed by atoms with Crippen molar-refractivity contribution in [1.29, 1.82) is 0 Å². The highest BCUT2D eigenvalue weighted by Gasteiger charge is 2.46. The zero-order valence-corrected chi connectivity index (χ0v) is 19.7. The molecule has 1 saturated carbocycles. The third-order valence-electron chi connectivity index (χ3n) is 6.34. The lowest BCUT2D eigenvalue weighted by molar-refractivity contribution is -0.126. The minimum Gasteiger partial charge on any atom is -0.356 e. The molecular weight excluding hydrogens is 420 g/mol. The lowest BCUT2D eigenvalue weighted by atomic mass is 10.00. The fraction of sp³-hybridized carbons (Fsp3) is 0.625.